The summed E-state index contributed by atoms with van der Waals surface area (Å²) >= 11 is 0. The van der Waals surface area contributed by atoms with Crippen molar-refractivity contribution < 1.29 is 9.59 Å². The van der Waals surface area contributed by atoms with E-state index < -0.39 is 0 Å². The van der Waals surface area contributed by atoms with Gasteiger partial charge in [0.05, 0.1) is 0 Å². The lowest BCUT2D eigenvalue weighted by Gasteiger charge is -2.35. The second-order valence-electron chi connectivity index (χ2n) is 7.51. The Labute approximate surface area is 171 Å². The van der Waals surface area contributed by atoms with E-state index in [4.69, 9.17) is 0 Å². The van der Waals surface area contributed by atoms with Gasteiger partial charge in [0.25, 0.3) is 0 Å². The maximum absolute atomic E-state index is 12.3. The van der Waals surface area contributed by atoms with Crippen LogP contribution in [0.4, 0.5) is 17.2 Å². The molecule has 2 aliphatic rings. The van der Waals surface area contributed by atoms with Crippen LogP contribution >= 0.6 is 0 Å². The maximum atomic E-state index is 12.3. The number of carbonyl (C=O) groups is 2. The first-order valence-corrected chi connectivity index (χ1v) is 10.3. The molecule has 0 aliphatic carbocycles. The lowest BCUT2D eigenvalue weighted by molar-refractivity contribution is -0.117. The van der Waals surface area contributed by atoms with Gasteiger partial charge in [-0.3, -0.25) is 14.5 Å². The van der Waals surface area contributed by atoms with Crippen LogP contribution in [-0.4, -0.2) is 61.0 Å². The molecular weight excluding hydrogens is 366 g/mol. The van der Waals surface area contributed by atoms with E-state index in [1.165, 1.54) is 0 Å². The maximum Gasteiger partial charge on any atom is 0.227 e. The molecule has 2 fully saturated rings. The highest BCUT2D eigenvalue weighted by Crippen LogP contribution is 2.23. The normalized spacial score (nSPS) is 17.6. The van der Waals surface area contributed by atoms with Gasteiger partial charge in [-0.1, -0.05) is 6.07 Å². The van der Waals surface area contributed by atoms with Gasteiger partial charge in [-0.15, -0.1) is 0 Å². The molecule has 4 rings (SSSR count). The van der Waals surface area contributed by atoms with Crippen molar-refractivity contribution >= 4 is 29.0 Å². The lowest BCUT2D eigenvalue weighted by atomic mass is 10.2. The Balaban J connectivity index is 1.20. The summed E-state index contributed by atoms with van der Waals surface area (Å²) < 4.78 is 0. The number of nitrogens with zero attached hydrogens (tertiary/aromatic N) is 4. The lowest BCUT2D eigenvalue weighted by Crippen LogP contribution is -2.47. The Kier molecular flexibility index (Phi) is 6.05. The van der Waals surface area contributed by atoms with Crippen LogP contribution in [0.15, 0.2) is 48.7 Å². The van der Waals surface area contributed by atoms with Gasteiger partial charge in [-0.05, 0) is 42.8 Å². The quantitative estimate of drug-likeness (QED) is 0.816. The van der Waals surface area contributed by atoms with E-state index in [2.05, 4.69) is 20.1 Å². The third-order valence-electron chi connectivity index (χ3n) is 5.54. The summed E-state index contributed by atoms with van der Waals surface area (Å²) in [6, 6.07) is 13.5. The van der Waals surface area contributed by atoms with Crippen LogP contribution in [-0.2, 0) is 9.59 Å². The van der Waals surface area contributed by atoms with Crippen molar-refractivity contribution in [2.45, 2.75) is 19.3 Å². The van der Waals surface area contributed by atoms with Gasteiger partial charge >= 0.3 is 0 Å². The number of anilines is 3. The van der Waals surface area contributed by atoms with Gasteiger partial charge in [0.2, 0.25) is 11.8 Å². The van der Waals surface area contributed by atoms with Gasteiger partial charge in [0.1, 0.15) is 5.82 Å². The van der Waals surface area contributed by atoms with Crippen molar-refractivity contribution in [1.29, 1.82) is 0 Å². The topological polar surface area (TPSA) is 68.8 Å². The van der Waals surface area contributed by atoms with Crippen LogP contribution in [0.5, 0.6) is 0 Å². The summed E-state index contributed by atoms with van der Waals surface area (Å²) in [4.78, 5) is 34.9. The molecule has 0 saturated carbocycles. The molecule has 29 heavy (non-hydrogen) atoms. The molecule has 0 atom stereocenters. The summed E-state index contributed by atoms with van der Waals surface area (Å²) in [7, 11) is 0. The summed E-state index contributed by atoms with van der Waals surface area (Å²) in [5, 5.41) is 2.96. The number of carbonyl (C=O) groups excluding carboxylic acids is 2. The predicted molar refractivity (Wildman–Crippen MR) is 114 cm³/mol. The molecule has 0 spiro atoms. The molecule has 2 aliphatic heterocycles. The van der Waals surface area contributed by atoms with E-state index >= 15 is 0 Å². The molecule has 1 aromatic carbocycles. The average Bonchev–Trinajstić information content (AvgIpc) is 3.20. The summed E-state index contributed by atoms with van der Waals surface area (Å²) in [6.07, 6.45) is 3.82. The van der Waals surface area contributed by atoms with Crippen LogP contribution in [0.2, 0.25) is 0 Å². The number of hydrogen-bond acceptors (Lipinski definition) is 5. The highest BCUT2D eigenvalue weighted by Gasteiger charge is 2.21. The summed E-state index contributed by atoms with van der Waals surface area (Å²) in [5.74, 6) is 1.20. The van der Waals surface area contributed by atoms with Crippen LogP contribution in [0, 0.1) is 0 Å². The number of pyridine rings is 1. The Morgan fingerprint density at radius 1 is 1.00 bits per heavy atom. The van der Waals surface area contributed by atoms with Crippen molar-refractivity contribution in [2.24, 2.45) is 0 Å². The van der Waals surface area contributed by atoms with E-state index in [9.17, 15) is 9.59 Å². The second-order valence-corrected chi connectivity index (χ2v) is 7.51. The standard InChI is InChI=1S/C22H27N5O2/c28-21(24-18-6-8-19(9-7-18)27-12-3-5-22(27)29)10-13-25-14-16-26(17-15-25)20-4-1-2-11-23-20/h1-2,4,6-9,11H,3,5,10,12-17H2,(H,24,28). The largest absolute Gasteiger partial charge is 0.354 e. The zero-order valence-electron chi connectivity index (χ0n) is 16.6. The van der Waals surface area contributed by atoms with Crippen LogP contribution in [0.25, 0.3) is 0 Å². The first-order chi connectivity index (χ1) is 14.2. The molecule has 2 aromatic rings. The number of hydrogen-bond donors (Lipinski definition) is 1. The molecule has 7 nitrogen and oxygen atoms in total. The van der Waals surface area contributed by atoms with Gasteiger partial charge < -0.3 is 15.1 Å². The van der Waals surface area contributed by atoms with Crippen molar-refractivity contribution in [3.63, 3.8) is 0 Å². The average molecular weight is 393 g/mol. The van der Waals surface area contributed by atoms with Crippen LogP contribution in [0.1, 0.15) is 19.3 Å². The molecule has 0 bridgehead atoms. The first-order valence-electron chi connectivity index (χ1n) is 10.3. The first kappa shape index (κ1) is 19.4. The van der Waals surface area contributed by atoms with Crippen molar-refractivity contribution in [3.8, 4) is 0 Å². The minimum Gasteiger partial charge on any atom is -0.354 e. The molecule has 2 amide bonds. The Hall–Kier alpha value is -2.93. The zero-order chi connectivity index (χ0) is 20.1. The molecule has 1 N–H and O–H groups in total. The van der Waals surface area contributed by atoms with E-state index in [1.807, 2.05) is 48.7 Å². The van der Waals surface area contributed by atoms with Crippen LogP contribution in [0.3, 0.4) is 0 Å². The van der Waals surface area contributed by atoms with E-state index in [-0.39, 0.29) is 11.8 Å². The molecule has 0 unspecified atom stereocenters. The fraction of sp³-hybridized carbons (Fsp3) is 0.409. The predicted octanol–water partition coefficient (Wildman–Crippen LogP) is 2.36. The number of amides is 2. The van der Waals surface area contributed by atoms with Gasteiger partial charge in [-0.2, -0.15) is 0 Å². The van der Waals surface area contributed by atoms with Gasteiger partial charge in [0.15, 0.2) is 0 Å². The van der Waals surface area contributed by atoms with Gasteiger partial charge in [-0.25, -0.2) is 4.98 Å². The Morgan fingerprint density at radius 2 is 1.79 bits per heavy atom. The highest BCUT2D eigenvalue weighted by atomic mass is 16.2. The Morgan fingerprint density at radius 3 is 2.45 bits per heavy atom. The van der Waals surface area contributed by atoms with E-state index in [1.54, 1.807) is 4.90 Å². The van der Waals surface area contributed by atoms with Gasteiger partial charge in [0, 0.05) is 69.7 Å². The second kappa shape index (κ2) is 9.05. The number of benzene rings is 1. The third kappa shape index (κ3) is 4.92. The number of nitrogens with one attached hydrogen (secondary N) is 1. The molecule has 1 aromatic heterocycles. The molecular formula is C22H27N5O2. The monoisotopic (exact) mass is 393 g/mol. The summed E-state index contributed by atoms with van der Waals surface area (Å²) in [6.45, 7) is 5.25. The molecule has 3 heterocycles. The van der Waals surface area contributed by atoms with E-state index in [0.717, 1.165) is 62.9 Å². The fourth-order valence-corrected chi connectivity index (χ4v) is 3.87. The number of aromatic nitrogens is 1. The van der Waals surface area contributed by atoms with Crippen LogP contribution < -0.4 is 15.1 Å². The Bertz CT molecular complexity index is 832. The minimum absolute atomic E-state index is 0.0159. The highest BCUT2D eigenvalue weighted by molar-refractivity contribution is 5.96. The van der Waals surface area contributed by atoms with Crippen molar-refractivity contribution in [1.82, 2.24) is 9.88 Å². The molecule has 152 valence electrons. The minimum atomic E-state index is 0.0159. The number of rotatable bonds is 6. The SMILES string of the molecule is O=C(CCN1CCN(c2ccccn2)CC1)Nc1ccc(N2CCCC2=O)cc1. The molecule has 2 saturated heterocycles. The fourth-order valence-electron chi connectivity index (χ4n) is 3.87. The van der Waals surface area contributed by atoms with Crippen molar-refractivity contribution in [3.05, 3.63) is 48.7 Å². The molecule has 7 heteroatoms. The summed E-state index contributed by atoms with van der Waals surface area (Å²) in [5.41, 5.74) is 1.67. The smallest absolute Gasteiger partial charge is 0.227 e. The van der Waals surface area contributed by atoms with Crippen molar-refractivity contribution in [2.75, 3.05) is 54.4 Å². The molecule has 0 radical (unpaired) electrons. The third-order valence-corrected chi connectivity index (χ3v) is 5.54. The van der Waals surface area contributed by atoms with E-state index in [0.29, 0.717) is 12.8 Å². The number of piperazine rings is 1. The zero-order valence-corrected chi connectivity index (χ0v) is 16.6.